The van der Waals surface area contributed by atoms with E-state index in [1.807, 2.05) is 0 Å². The van der Waals surface area contributed by atoms with Crippen LogP contribution in [-0.4, -0.2) is 0 Å². The van der Waals surface area contributed by atoms with Gasteiger partial charge in [0.25, 0.3) is 0 Å². The van der Waals surface area contributed by atoms with E-state index in [2.05, 4.69) is 0 Å². The summed E-state index contributed by atoms with van der Waals surface area (Å²) in [5.41, 5.74) is 0. The standard InChI is InChI=1S/C6H8O6P2.Zr/c7-13(8,9)5-3-1-2-4-6(5)14(10,11)12;/h1-4H,(H2,7,8,9)(H2,10,11,12);/q;+4/p-4. The molecule has 0 aromatic heterocycles. The summed E-state index contributed by atoms with van der Waals surface area (Å²) < 4.78 is 21.1. The Kier molecular flexibility index (Phi) is 5.29. The van der Waals surface area contributed by atoms with Crippen LogP contribution < -0.4 is 30.2 Å². The summed E-state index contributed by atoms with van der Waals surface area (Å²) in [4.78, 5) is 42.3. The fourth-order valence-corrected chi connectivity index (χ4v) is 2.91. The van der Waals surface area contributed by atoms with Gasteiger partial charge in [-0.3, -0.25) is 0 Å². The van der Waals surface area contributed by atoms with E-state index in [1.165, 1.54) is 0 Å². The third-order valence-electron chi connectivity index (χ3n) is 1.47. The maximum Gasteiger partial charge on any atom is 4.00 e. The number of hydrogen-bond acceptors (Lipinski definition) is 6. The number of benzene rings is 1. The predicted octanol–water partition coefficient (Wildman–Crippen LogP) is -3.24. The molecule has 0 fully saturated rings. The van der Waals surface area contributed by atoms with Gasteiger partial charge in [0.05, 0.1) is 0 Å². The van der Waals surface area contributed by atoms with Crippen molar-refractivity contribution < 1.29 is 54.9 Å². The first-order chi connectivity index (χ1) is 6.23. The topological polar surface area (TPSA) is 126 Å². The molecule has 1 aromatic carbocycles. The first kappa shape index (κ1) is 15.4. The Labute approximate surface area is 105 Å². The molecule has 0 N–H and O–H groups in total. The van der Waals surface area contributed by atoms with Crippen LogP contribution >= 0.6 is 15.2 Å². The molecule has 9 heteroatoms. The fourth-order valence-electron chi connectivity index (χ4n) is 0.927. The van der Waals surface area contributed by atoms with E-state index >= 15 is 0 Å². The summed E-state index contributed by atoms with van der Waals surface area (Å²) in [7, 11) is -10.4. The van der Waals surface area contributed by atoms with Gasteiger partial charge in [-0.25, -0.2) is 0 Å². The molecule has 0 aliphatic heterocycles. The number of hydrogen-bond donors (Lipinski definition) is 0. The van der Waals surface area contributed by atoms with Crippen LogP contribution in [0.2, 0.25) is 0 Å². The van der Waals surface area contributed by atoms with Crippen LogP contribution in [0.3, 0.4) is 0 Å². The van der Waals surface area contributed by atoms with Crippen LogP contribution in [0.4, 0.5) is 0 Å². The Morgan fingerprint density at radius 1 is 0.800 bits per heavy atom. The summed E-state index contributed by atoms with van der Waals surface area (Å²) in [6.45, 7) is 0. The molecule has 0 saturated heterocycles. The molecule has 0 heterocycles. The minimum Gasteiger partial charge on any atom is -0.807 e. The van der Waals surface area contributed by atoms with E-state index in [9.17, 15) is 28.7 Å². The molecule has 0 spiro atoms. The molecule has 0 amide bonds. The van der Waals surface area contributed by atoms with Crippen molar-refractivity contribution in [2.75, 3.05) is 0 Å². The zero-order chi connectivity index (χ0) is 11.0. The Bertz CT molecular complexity index is 394. The zero-order valence-corrected chi connectivity index (χ0v) is 11.4. The van der Waals surface area contributed by atoms with Gasteiger partial charge in [-0.2, -0.15) is 0 Å². The molecule has 0 aliphatic carbocycles. The van der Waals surface area contributed by atoms with Crippen LogP contribution in [0.5, 0.6) is 0 Å². The predicted molar refractivity (Wildman–Crippen MR) is 40.9 cm³/mol. The summed E-state index contributed by atoms with van der Waals surface area (Å²) in [5, 5.41) is -1.96. The van der Waals surface area contributed by atoms with Gasteiger partial charge in [0, 0.05) is 0 Å². The summed E-state index contributed by atoms with van der Waals surface area (Å²) >= 11 is 0. The van der Waals surface area contributed by atoms with E-state index in [1.54, 1.807) is 0 Å². The first-order valence-corrected chi connectivity index (χ1v) is 6.46. The van der Waals surface area contributed by atoms with Gasteiger partial charge >= 0.3 is 26.2 Å². The average Bonchev–Trinajstić information content (AvgIpc) is 2.01. The largest absolute Gasteiger partial charge is 4.00 e. The van der Waals surface area contributed by atoms with E-state index in [0.717, 1.165) is 24.3 Å². The SMILES string of the molecule is O=P([O-])([O-])c1ccccc1P(=O)([O-])[O-].[Zr+4]. The van der Waals surface area contributed by atoms with Gasteiger partial charge in [-0.15, -0.1) is 0 Å². The van der Waals surface area contributed by atoms with Crippen molar-refractivity contribution in [3.8, 4) is 0 Å². The zero-order valence-electron chi connectivity index (χ0n) is 7.15. The maximum atomic E-state index is 10.6. The Morgan fingerprint density at radius 2 is 1.07 bits per heavy atom. The molecule has 0 saturated carbocycles. The van der Waals surface area contributed by atoms with Crippen molar-refractivity contribution in [1.29, 1.82) is 0 Å². The van der Waals surface area contributed by atoms with E-state index in [4.69, 9.17) is 0 Å². The molecule has 0 atom stereocenters. The van der Waals surface area contributed by atoms with Crippen molar-refractivity contribution in [2.24, 2.45) is 0 Å². The second-order valence-electron chi connectivity index (χ2n) is 2.48. The summed E-state index contributed by atoms with van der Waals surface area (Å²) in [6, 6.07) is 3.91. The van der Waals surface area contributed by atoms with Crippen molar-refractivity contribution in [1.82, 2.24) is 0 Å². The van der Waals surface area contributed by atoms with E-state index < -0.39 is 25.8 Å². The monoisotopic (exact) mass is 324 g/mol. The average molecular weight is 325 g/mol. The molecule has 6 nitrogen and oxygen atoms in total. The molecule has 1 rings (SSSR count). The van der Waals surface area contributed by atoms with Crippen molar-refractivity contribution >= 4 is 25.8 Å². The van der Waals surface area contributed by atoms with Crippen molar-refractivity contribution in [3.63, 3.8) is 0 Å². The van der Waals surface area contributed by atoms with Crippen LogP contribution in [-0.2, 0) is 35.3 Å². The maximum absolute atomic E-state index is 10.6. The Balaban J connectivity index is 0.00000196. The van der Waals surface area contributed by atoms with Crippen molar-refractivity contribution in [3.05, 3.63) is 24.3 Å². The molecular formula is C6H4O6P2Zr. The van der Waals surface area contributed by atoms with Gasteiger partial charge in [-0.1, -0.05) is 24.3 Å². The van der Waals surface area contributed by atoms with Gasteiger partial charge in [-0.05, 0) is 25.8 Å². The fraction of sp³-hybridized carbons (Fsp3) is 0. The van der Waals surface area contributed by atoms with Gasteiger partial charge < -0.3 is 28.7 Å². The molecule has 1 aromatic rings. The molecule has 15 heavy (non-hydrogen) atoms. The van der Waals surface area contributed by atoms with E-state index in [-0.39, 0.29) is 26.2 Å². The quantitative estimate of drug-likeness (QED) is 0.526. The Hall–Kier alpha value is 0.403. The Morgan fingerprint density at radius 3 is 1.27 bits per heavy atom. The first-order valence-electron chi connectivity index (χ1n) is 3.37. The van der Waals surface area contributed by atoms with Gasteiger partial charge in [0.15, 0.2) is 0 Å². The van der Waals surface area contributed by atoms with Crippen LogP contribution in [0.1, 0.15) is 0 Å². The molecular weight excluding hydrogens is 321 g/mol. The number of rotatable bonds is 2. The molecule has 0 aliphatic rings. The second-order valence-corrected chi connectivity index (χ2v) is 5.44. The summed E-state index contributed by atoms with van der Waals surface area (Å²) in [5.74, 6) is 0. The molecule has 0 radical (unpaired) electrons. The van der Waals surface area contributed by atoms with Crippen molar-refractivity contribution in [2.45, 2.75) is 0 Å². The molecule has 0 bridgehead atoms. The smallest absolute Gasteiger partial charge is 0.807 e. The minimum absolute atomic E-state index is 0. The van der Waals surface area contributed by atoms with Gasteiger partial charge in [0.2, 0.25) is 0 Å². The van der Waals surface area contributed by atoms with Crippen LogP contribution in [0, 0.1) is 0 Å². The minimum atomic E-state index is -5.22. The van der Waals surface area contributed by atoms with Crippen LogP contribution in [0.15, 0.2) is 24.3 Å². The summed E-state index contributed by atoms with van der Waals surface area (Å²) in [6.07, 6.45) is 0. The van der Waals surface area contributed by atoms with Crippen LogP contribution in [0.25, 0.3) is 0 Å². The third kappa shape index (κ3) is 4.05. The van der Waals surface area contributed by atoms with E-state index in [0.29, 0.717) is 0 Å². The normalized spacial score (nSPS) is 12.0. The molecule has 78 valence electrons. The third-order valence-corrected chi connectivity index (χ3v) is 3.61. The second kappa shape index (κ2) is 5.16. The van der Waals surface area contributed by atoms with Gasteiger partial charge in [0.1, 0.15) is 0 Å². The molecule has 0 unspecified atom stereocenters.